The molecule has 0 radical (unpaired) electrons. The zero-order chi connectivity index (χ0) is 11.8. The summed E-state index contributed by atoms with van der Waals surface area (Å²) < 4.78 is 5.34. The highest BCUT2D eigenvalue weighted by Gasteiger charge is 2.06. The van der Waals surface area contributed by atoms with Gasteiger partial charge in [0.15, 0.2) is 0 Å². The van der Waals surface area contributed by atoms with Gasteiger partial charge in [-0.05, 0) is 30.7 Å². The fourth-order valence-electron chi connectivity index (χ4n) is 1.70. The molecule has 3 heteroatoms. The van der Waals surface area contributed by atoms with E-state index in [1.807, 2.05) is 18.2 Å². The van der Waals surface area contributed by atoms with Crippen molar-refractivity contribution in [3.05, 3.63) is 24.3 Å². The molecule has 0 N–H and O–H groups in total. The van der Waals surface area contributed by atoms with Crippen LogP contribution < -0.4 is 9.64 Å². The number of thiol groups is 1. The van der Waals surface area contributed by atoms with E-state index in [1.165, 1.54) is 19.3 Å². The highest BCUT2D eigenvalue weighted by molar-refractivity contribution is 7.80. The van der Waals surface area contributed by atoms with Gasteiger partial charge < -0.3 is 9.64 Å². The van der Waals surface area contributed by atoms with Gasteiger partial charge in [-0.15, -0.1) is 0 Å². The summed E-state index contributed by atoms with van der Waals surface area (Å²) in [6, 6.07) is 8.14. The molecule has 0 fully saturated rings. The average molecular weight is 239 g/mol. The van der Waals surface area contributed by atoms with E-state index in [2.05, 4.69) is 30.6 Å². The van der Waals surface area contributed by atoms with Crippen molar-refractivity contribution in [3.8, 4) is 5.75 Å². The van der Waals surface area contributed by atoms with Crippen LogP contribution in [0.15, 0.2) is 24.3 Å². The molecule has 0 atom stereocenters. The molecule has 0 bridgehead atoms. The van der Waals surface area contributed by atoms with Crippen LogP contribution in [0.1, 0.15) is 19.3 Å². The van der Waals surface area contributed by atoms with E-state index in [0.29, 0.717) is 0 Å². The summed E-state index contributed by atoms with van der Waals surface area (Å²) in [5, 5.41) is 0. The Bertz CT molecular complexity index is 304. The van der Waals surface area contributed by atoms with Gasteiger partial charge in [0.05, 0.1) is 12.8 Å². The SMILES string of the molecule is COc1ccccc1N(C)CCCCCS. The zero-order valence-electron chi connectivity index (χ0n) is 10.1. The third-order valence-electron chi connectivity index (χ3n) is 2.65. The van der Waals surface area contributed by atoms with E-state index in [4.69, 9.17) is 4.74 Å². The Balaban J connectivity index is 2.48. The minimum atomic E-state index is 0.944. The lowest BCUT2D eigenvalue weighted by Crippen LogP contribution is -2.19. The van der Waals surface area contributed by atoms with E-state index in [9.17, 15) is 0 Å². The Morgan fingerprint density at radius 2 is 1.94 bits per heavy atom. The summed E-state index contributed by atoms with van der Waals surface area (Å²) in [5.41, 5.74) is 1.16. The minimum Gasteiger partial charge on any atom is -0.495 e. The van der Waals surface area contributed by atoms with Crippen LogP contribution >= 0.6 is 12.6 Å². The van der Waals surface area contributed by atoms with Gasteiger partial charge in [-0.3, -0.25) is 0 Å². The average Bonchev–Trinajstić information content (AvgIpc) is 2.34. The topological polar surface area (TPSA) is 12.5 Å². The van der Waals surface area contributed by atoms with Crippen LogP contribution in [0.25, 0.3) is 0 Å². The van der Waals surface area contributed by atoms with E-state index in [-0.39, 0.29) is 0 Å². The number of rotatable bonds is 7. The molecule has 0 unspecified atom stereocenters. The van der Waals surface area contributed by atoms with Gasteiger partial charge in [-0.25, -0.2) is 0 Å². The van der Waals surface area contributed by atoms with Crippen LogP contribution in [0.4, 0.5) is 5.69 Å². The van der Waals surface area contributed by atoms with Gasteiger partial charge in [-0.1, -0.05) is 18.6 Å². The number of hydrogen-bond donors (Lipinski definition) is 1. The Kier molecular flexibility index (Phi) is 6.16. The number of benzene rings is 1. The third-order valence-corrected chi connectivity index (χ3v) is 2.96. The standard InChI is InChI=1S/C13H21NOS/c1-14(10-6-3-7-11-16)12-8-4-5-9-13(12)15-2/h4-5,8-9,16H,3,6-7,10-11H2,1-2H3. The lowest BCUT2D eigenvalue weighted by atomic mass is 10.2. The molecule has 0 aliphatic carbocycles. The summed E-state index contributed by atoms with van der Waals surface area (Å²) in [4.78, 5) is 2.25. The van der Waals surface area contributed by atoms with Crippen molar-refractivity contribution < 1.29 is 4.74 Å². The Hall–Kier alpha value is -0.830. The van der Waals surface area contributed by atoms with Crippen molar-refractivity contribution in [1.82, 2.24) is 0 Å². The predicted molar refractivity (Wildman–Crippen MR) is 74.0 cm³/mol. The summed E-state index contributed by atoms with van der Waals surface area (Å²) >= 11 is 4.21. The monoisotopic (exact) mass is 239 g/mol. The Morgan fingerprint density at radius 1 is 1.19 bits per heavy atom. The van der Waals surface area contributed by atoms with Crippen molar-refractivity contribution in [1.29, 1.82) is 0 Å². The van der Waals surface area contributed by atoms with E-state index < -0.39 is 0 Å². The van der Waals surface area contributed by atoms with Gasteiger partial charge in [0.1, 0.15) is 5.75 Å². The van der Waals surface area contributed by atoms with Crippen LogP contribution in [0.2, 0.25) is 0 Å². The molecule has 1 aromatic carbocycles. The maximum atomic E-state index is 5.34. The molecule has 0 amide bonds. The Labute approximate surface area is 104 Å². The molecule has 1 aromatic rings. The van der Waals surface area contributed by atoms with E-state index in [0.717, 1.165) is 23.7 Å². The van der Waals surface area contributed by atoms with Crippen LogP contribution in [0.3, 0.4) is 0 Å². The summed E-state index contributed by atoms with van der Waals surface area (Å²) in [6.07, 6.45) is 3.64. The summed E-state index contributed by atoms with van der Waals surface area (Å²) in [6.45, 7) is 1.06. The van der Waals surface area contributed by atoms with Crippen molar-refractivity contribution in [2.24, 2.45) is 0 Å². The minimum absolute atomic E-state index is 0.944. The highest BCUT2D eigenvalue weighted by atomic mass is 32.1. The van der Waals surface area contributed by atoms with Gasteiger partial charge in [0, 0.05) is 13.6 Å². The molecule has 16 heavy (non-hydrogen) atoms. The predicted octanol–water partition coefficient (Wildman–Crippen LogP) is 3.23. The van der Waals surface area contributed by atoms with Gasteiger partial charge in [0.2, 0.25) is 0 Å². The molecule has 0 aromatic heterocycles. The van der Waals surface area contributed by atoms with Crippen LogP contribution in [0.5, 0.6) is 5.75 Å². The number of anilines is 1. The first-order valence-corrected chi connectivity index (χ1v) is 6.38. The molecule has 0 saturated carbocycles. The van der Waals surface area contributed by atoms with Crippen molar-refractivity contribution in [2.75, 3.05) is 31.4 Å². The molecule has 0 saturated heterocycles. The maximum Gasteiger partial charge on any atom is 0.142 e. The third kappa shape index (κ3) is 3.97. The second-order valence-electron chi connectivity index (χ2n) is 3.88. The maximum absolute atomic E-state index is 5.34. The zero-order valence-corrected chi connectivity index (χ0v) is 11.0. The quantitative estimate of drug-likeness (QED) is 0.579. The lowest BCUT2D eigenvalue weighted by molar-refractivity contribution is 0.414. The first-order valence-electron chi connectivity index (χ1n) is 5.74. The first-order chi connectivity index (χ1) is 7.79. The fourth-order valence-corrected chi connectivity index (χ4v) is 1.93. The molecule has 0 heterocycles. The molecule has 90 valence electrons. The molecule has 2 nitrogen and oxygen atoms in total. The van der Waals surface area contributed by atoms with Crippen molar-refractivity contribution in [2.45, 2.75) is 19.3 Å². The smallest absolute Gasteiger partial charge is 0.142 e. The van der Waals surface area contributed by atoms with Gasteiger partial charge >= 0.3 is 0 Å². The largest absolute Gasteiger partial charge is 0.495 e. The summed E-state index contributed by atoms with van der Waals surface area (Å²) in [5.74, 6) is 1.93. The molecule has 1 rings (SSSR count). The number of hydrogen-bond acceptors (Lipinski definition) is 3. The van der Waals surface area contributed by atoms with E-state index in [1.54, 1.807) is 7.11 Å². The molecule has 0 aliphatic rings. The number of nitrogens with zero attached hydrogens (tertiary/aromatic N) is 1. The number of methoxy groups -OCH3 is 1. The molecular weight excluding hydrogens is 218 g/mol. The van der Waals surface area contributed by atoms with Crippen molar-refractivity contribution >= 4 is 18.3 Å². The van der Waals surface area contributed by atoms with Gasteiger partial charge in [0.25, 0.3) is 0 Å². The summed E-state index contributed by atoms with van der Waals surface area (Å²) in [7, 11) is 3.83. The van der Waals surface area contributed by atoms with Crippen LogP contribution in [-0.4, -0.2) is 26.5 Å². The lowest BCUT2D eigenvalue weighted by Gasteiger charge is -2.21. The second kappa shape index (κ2) is 7.44. The normalized spacial score (nSPS) is 10.2. The molecular formula is C13H21NOS. The Morgan fingerprint density at radius 3 is 2.62 bits per heavy atom. The van der Waals surface area contributed by atoms with Crippen LogP contribution in [0, 0.1) is 0 Å². The molecule has 0 aliphatic heterocycles. The number of ether oxygens (including phenoxy) is 1. The van der Waals surface area contributed by atoms with Crippen LogP contribution in [-0.2, 0) is 0 Å². The second-order valence-corrected chi connectivity index (χ2v) is 4.32. The first kappa shape index (κ1) is 13.2. The number of para-hydroxylation sites is 2. The van der Waals surface area contributed by atoms with Gasteiger partial charge in [-0.2, -0.15) is 12.6 Å². The van der Waals surface area contributed by atoms with E-state index >= 15 is 0 Å². The number of unbranched alkanes of at least 4 members (excludes halogenated alkanes) is 2. The molecule has 0 spiro atoms. The fraction of sp³-hybridized carbons (Fsp3) is 0.538. The highest BCUT2D eigenvalue weighted by Crippen LogP contribution is 2.26. The van der Waals surface area contributed by atoms with Crippen molar-refractivity contribution in [3.63, 3.8) is 0 Å².